The van der Waals surface area contributed by atoms with E-state index in [4.69, 9.17) is 5.26 Å². The molecule has 0 bridgehead atoms. The van der Waals surface area contributed by atoms with Crippen LogP contribution in [0.5, 0.6) is 0 Å². The number of nitrogens with one attached hydrogen (secondary N) is 1. The minimum atomic E-state index is -0.104. The molecule has 0 spiro atoms. The summed E-state index contributed by atoms with van der Waals surface area (Å²) in [5.41, 5.74) is 3.49. The number of carbonyl (C=O) groups excluding carboxylic acids is 2. The molecule has 28 heavy (non-hydrogen) atoms. The van der Waals surface area contributed by atoms with Crippen LogP contribution < -0.4 is 0 Å². The average molecular weight is 372 g/mol. The smallest absolute Gasteiger partial charge is 0.256 e. The molecule has 0 atom stereocenters. The van der Waals surface area contributed by atoms with E-state index in [1.54, 1.807) is 34.1 Å². The van der Waals surface area contributed by atoms with E-state index in [0.29, 0.717) is 42.9 Å². The maximum atomic E-state index is 13.1. The number of nitrogens with zero attached hydrogens (tertiary/aromatic N) is 3. The molecular weight excluding hydrogens is 352 g/mol. The quantitative estimate of drug-likeness (QED) is 0.751. The number of carbonyl (C=O) groups is 2. The predicted octanol–water partition coefficient (Wildman–Crippen LogP) is 2.95. The number of benzene rings is 2. The number of rotatable bonds is 2. The van der Waals surface area contributed by atoms with Gasteiger partial charge in [-0.05, 0) is 31.2 Å². The molecule has 0 unspecified atom stereocenters. The molecule has 1 saturated heterocycles. The highest BCUT2D eigenvalue weighted by Crippen LogP contribution is 2.24. The minimum Gasteiger partial charge on any atom is -0.358 e. The average Bonchev–Trinajstić information content (AvgIpc) is 3.08. The van der Waals surface area contributed by atoms with Gasteiger partial charge in [-0.25, -0.2) is 0 Å². The maximum absolute atomic E-state index is 13.1. The lowest BCUT2D eigenvalue weighted by molar-refractivity contribution is 0.0536. The van der Waals surface area contributed by atoms with Crippen LogP contribution in [0.4, 0.5) is 0 Å². The van der Waals surface area contributed by atoms with Gasteiger partial charge in [0.25, 0.3) is 11.8 Å². The molecule has 2 aromatic carbocycles. The predicted molar refractivity (Wildman–Crippen MR) is 106 cm³/mol. The van der Waals surface area contributed by atoms with Gasteiger partial charge >= 0.3 is 0 Å². The van der Waals surface area contributed by atoms with Crippen molar-refractivity contribution in [1.82, 2.24) is 14.8 Å². The van der Waals surface area contributed by atoms with Gasteiger partial charge in [-0.1, -0.05) is 24.3 Å². The summed E-state index contributed by atoms with van der Waals surface area (Å²) >= 11 is 0. The fourth-order valence-electron chi connectivity index (χ4n) is 3.73. The lowest BCUT2D eigenvalue weighted by Crippen LogP contribution is -2.50. The number of nitriles is 1. The standard InChI is InChI=1S/C22H20N4O2/c1-15-20(18-7-2-3-8-19(18)24-15)22(28)26-11-9-25(10-12-26)21(27)17-6-4-5-16(13-17)14-23/h2-8,13,24H,9-12H2,1H3. The minimum absolute atomic E-state index is 0.00599. The van der Waals surface area contributed by atoms with E-state index < -0.39 is 0 Å². The van der Waals surface area contributed by atoms with Crippen molar-refractivity contribution in [3.8, 4) is 6.07 Å². The van der Waals surface area contributed by atoms with E-state index >= 15 is 0 Å². The first-order valence-corrected chi connectivity index (χ1v) is 9.24. The molecule has 1 fully saturated rings. The molecule has 0 radical (unpaired) electrons. The highest BCUT2D eigenvalue weighted by Gasteiger charge is 2.27. The Balaban J connectivity index is 1.48. The Hall–Kier alpha value is -3.59. The molecule has 6 nitrogen and oxygen atoms in total. The van der Waals surface area contributed by atoms with E-state index in [1.165, 1.54) is 0 Å². The van der Waals surface area contributed by atoms with Crippen LogP contribution in [0.15, 0.2) is 48.5 Å². The molecule has 1 aliphatic rings. The number of aromatic nitrogens is 1. The molecule has 2 amide bonds. The molecule has 2 heterocycles. The van der Waals surface area contributed by atoms with Crippen LogP contribution in [0, 0.1) is 18.3 Å². The van der Waals surface area contributed by atoms with Crippen molar-refractivity contribution in [2.24, 2.45) is 0 Å². The number of fused-ring (bicyclic) bond motifs is 1. The first kappa shape index (κ1) is 17.8. The third-order valence-corrected chi connectivity index (χ3v) is 5.20. The van der Waals surface area contributed by atoms with Crippen LogP contribution >= 0.6 is 0 Å². The molecule has 1 aromatic heterocycles. The summed E-state index contributed by atoms with van der Waals surface area (Å²) in [5.74, 6) is -0.110. The Kier molecular flexibility index (Phi) is 4.58. The number of aryl methyl sites for hydroxylation is 1. The van der Waals surface area contributed by atoms with E-state index in [2.05, 4.69) is 11.1 Å². The third kappa shape index (κ3) is 3.12. The summed E-state index contributed by atoms with van der Waals surface area (Å²) in [5, 5.41) is 9.94. The van der Waals surface area contributed by atoms with E-state index in [-0.39, 0.29) is 11.8 Å². The van der Waals surface area contributed by atoms with Crippen LogP contribution in [0.25, 0.3) is 10.9 Å². The van der Waals surface area contributed by atoms with E-state index in [0.717, 1.165) is 16.6 Å². The zero-order valence-electron chi connectivity index (χ0n) is 15.6. The number of amides is 2. The lowest BCUT2D eigenvalue weighted by Gasteiger charge is -2.35. The van der Waals surface area contributed by atoms with Gasteiger partial charge in [-0.2, -0.15) is 5.26 Å². The summed E-state index contributed by atoms with van der Waals surface area (Å²) < 4.78 is 0. The Morgan fingerprint density at radius 2 is 1.64 bits per heavy atom. The summed E-state index contributed by atoms with van der Waals surface area (Å²) in [6.45, 7) is 3.84. The maximum Gasteiger partial charge on any atom is 0.256 e. The monoisotopic (exact) mass is 372 g/mol. The number of piperazine rings is 1. The van der Waals surface area contributed by atoms with Crippen molar-refractivity contribution in [3.05, 3.63) is 70.9 Å². The molecule has 6 heteroatoms. The molecule has 1 N–H and O–H groups in total. The van der Waals surface area contributed by atoms with E-state index in [1.807, 2.05) is 31.2 Å². The molecule has 1 aliphatic heterocycles. The van der Waals surface area contributed by atoms with Crippen molar-refractivity contribution in [3.63, 3.8) is 0 Å². The zero-order chi connectivity index (χ0) is 19.7. The second-order valence-corrected chi connectivity index (χ2v) is 6.95. The van der Waals surface area contributed by atoms with Crippen molar-refractivity contribution in [1.29, 1.82) is 5.26 Å². The molecule has 4 rings (SSSR count). The van der Waals surface area contributed by atoms with Gasteiger partial charge in [0.2, 0.25) is 0 Å². The molecule has 0 saturated carbocycles. The SMILES string of the molecule is Cc1[nH]c2ccccc2c1C(=O)N1CCN(C(=O)c2cccc(C#N)c2)CC1. The summed E-state index contributed by atoms with van der Waals surface area (Å²) in [7, 11) is 0. The highest BCUT2D eigenvalue weighted by molar-refractivity contribution is 6.08. The normalized spacial score (nSPS) is 14.1. The van der Waals surface area contributed by atoms with Crippen molar-refractivity contribution in [2.75, 3.05) is 26.2 Å². The van der Waals surface area contributed by atoms with Gasteiger partial charge in [0.05, 0.1) is 17.2 Å². The lowest BCUT2D eigenvalue weighted by atomic mass is 10.1. The fourth-order valence-corrected chi connectivity index (χ4v) is 3.73. The second-order valence-electron chi connectivity index (χ2n) is 6.95. The summed E-state index contributed by atoms with van der Waals surface area (Å²) in [6.07, 6.45) is 0. The fraction of sp³-hybridized carbons (Fsp3) is 0.227. The van der Waals surface area contributed by atoms with Gasteiger partial charge in [0.15, 0.2) is 0 Å². The number of para-hydroxylation sites is 1. The number of hydrogen-bond donors (Lipinski definition) is 1. The number of aromatic amines is 1. The van der Waals surface area contributed by atoms with Gasteiger partial charge in [-0.15, -0.1) is 0 Å². The Morgan fingerprint density at radius 3 is 2.36 bits per heavy atom. The first-order valence-electron chi connectivity index (χ1n) is 9.24. The molecule has 140 valence electrons. The second kappa shape index (κ2) is 7.20. The van der Waals surface area contributed by atoms with Gasteiger partial charge < -0.3 is 14.8 Å². The third-order valence-electron chi connectivity index (χ3n) is 5.20. The Morgan fingerprint density at radius 1 is 0.964 bits per heavy atom. The van der Waals surface area contributed by atoms with Crippen LogP contribution in [0.2, 0.25) is 0 Å². The van der Waals surface area contributed by atoms with Gasteiger partial charge in [0.1, 0.15) is 0 Å². The number of H-pyrrole nitrogens is 1. The Labute approximate surface area is 163 Å². The molecular formula is C22H20N4O2. The number of hydrogen-bond acceptors (Lipinski definition) is 3. The van der Waals surface area contributed by atoms with Crippen LogP contribution in [-0.4, -0.2) is 52.8 Å². The summed E-state index contributed by atoms with van der Waals surface area (Å²) in [6, 6.07) is 16.6. The zero-order valence-corrected chi connectivity index (χ0v) is 15.6. The van der Waals surface area contributed by atoms with Crippen molar-refractivity contribution < 1.29 is 9.59 Å². The molecule has 0 aliphatic carbocycles. The van der Waals surface area contributed by atoms with Crippen molar-refractivity contribution in [2.45, 2.75) is 6.92 Å². The molecule has 3 aromatic rings. The van der Waals surface area contributed by atoms with Crippen LogP contribution in [-0.2, 0) is 0 Å². The first-order chi connectivity index (χ1) is 13.6. The van der Waals surface area contributed by atoms with Gasteiger partial charge in [0, 0.05) is 48.3 Å². The summed E-state index contributed by atoms with van der Waals surface area (Å²) in [4.78, 5) is 32.6. The van der Waals surface area contributed by atoms with E-state index in [9.17, 15) is 9.59 Å². The van der Waals surface area contributed by atoms with Crippen LogP contribution in [0.3, 0.4) is 0 Å². The van der Waals surface area contributed by atoms with Gasteiger partial charge in [-0.3, -0.25) is 9.59 Å². The highest BCUT2D eigenvalue weighted by atomic mass is 16.2. The largest absolute Gasteiger partial charge is 0.358 e. The Bertz CT molecular complexity index is 1100. The van der Waals surface area contributed by atoms with Crippen molar-refractivity contribution >= 4 is 22.7 Å². The van der Waals surface area contributed by atoms with Crippen LogP contribution in [0.1, 0.15) is 32.0 Å². The topological polar surface area (TPSA) is 80.2 Å².